The zero-order chi connectivity index (χ0) is 31.0. The van der Waals surface area contributed by atoms with Crippen molar-refractivity contribution in [1.29, 1.82) is 0 Å². The molecule has 230 valence electrons. The minimum atomic E-state index is -4.26. The van der Waals surface area contributed by atoms with E-state index in [0.29, 0.717) is 16.5 Å². The molecule has 0 bridgehead atoms. The second-order valence-electron chi connectivity index (χ2n) is 10.5. The van der Waals surface area contributed by atoms with Crippen LogP contribution in [0.2, 0.25) is 5.02 Å². The number of anilines is 1. The largest absolute Gasteiger partial charge is 0.493 e. The van der Waals surface area contributed by atoms with Gasteiger partial charge in [0.05, 0.1) is 24.8 Å². The van der Waals surface area contributed by atoms with Crippen molar-refractivity contribution >= 4 is 39.1 Å². The lowest BCUT2D eigenvalue weighted by Gasteiger charge is -2.33. The molecule has 11 heteroatoms. The summed E-state index contributed by atoms with van der Waals surface area (Å²) in [5, 5.41) is 3.64. The topological polar surface area (TPSA) is 105 Å². The third-order valence-corrected chi connectivity index (χ3v) is 9.67. The fraction of sp³-hybridized carbons (Fsp3) is 0.375. The van der Waals surface area contributed by atoms with Crippen LogP contribution in [0, 0.1) is 0 Å². The fourth-order valence-corrected chi connectivity index (χ4v) is 6.72. The van der Waals surface area contributed by atoms with Gasteiger partial charge in [-0.3, -0.25) is 13.9 Å². The van der Waals surface area contributed by atoms with Gasteiger partial charge in [0.2, 0.25) is 11.8 Å². The number of sulfonamides is 1. The molecule has 0 aliphatic heterocycles. The van der Waals surface area contributed by atoms with Crippen molar-refractivity contribution in [3.63, 3.8) is 0 Å². The quantitative estimate of drug-likeness (QED) is 0.288. The highest BCUT2D eigenvalue weighted by atomic mass is 35.5. The van der Waals surface area contributed by atoms with Crippen molar-refractivity contribution in [3.05, 3.63) is 83.4 Å². The number of hydrogen-bond donors (Lipinski definition) is 1. The third kappa shape index (κ3) is 8.00. The number of rotatable bonds is 12. The van der Waals surface area contributed by atoms with E-state index < -0.39 is 28.5 Å². The number of carbonyl (C=O) groups is 2. The second kappa shape index (κ2) is 14.6. The SMILES string of the molecule is COc1ccc(S(=O)(=O)N(CC(=O)N(Cc2ccc(Cl)cc2)C(C)C(=O)NC2CCCCC2)c2ccccc2)cc1OC. The van der Waals surface area contributed by atoms with E-state index in [2.05, 4.69) is 5.32 Å². The average Bonchev–Trinajstić information content (AvgIpc) is 3.03. The number of benzene rings is 3. The molecule has 0 heterocycles. The minimum absolute atomic E-state index is 0.0578. The Morgan fingerprint density at radius 2 is 1.58 bits per heavy atom. The number of methoxy groups -OCH3 is 2. The fourth-order valence-electron chi connectivity index (χ4n) is 5.17. The normalized spacial score (nSPS) is 14.4. The summed E-state index contributed by atoms with van der Waals surface area (Å²) in [6.07, 6.45) is 5.04. The predicted octanol–water partition coefficient (Wildman–Crippen LogP) is 5.42. The van der Waals surface area contributed by atoms with Gasteiger partial charge in [-0.25, -0.2) is 8.42 Å². The van der Waals surface area contributed by atoms with Gasteiger partial charge in [0.15, 0.2) is 11.5 Å². The van der Waals surface area contributed by atoms with Gasteiger partial charge in [0.1, 0.15) is 12.6 Å². The Balaban J connectivity index is 1.68. The predicted molar refractivity (Wildman–Crippen MR) is 167 cm³/mol. The van der Waals surface area contributed by atoms with Crippen LogP contribution in [0.25, 0.3) is 0 Å². The molecule has 9 nitrogen and oxygen atoms in total. The first-order valence-electron chi connectivity index (χ1n) is 14.3. The number of hydrogen-bond acceptors (Lipinski definition) is 6. The molecule has 1 aliphatic rings. The van der Waals surface area contributed by atoms with E-state index in [4.69, 9.17) is 21.1 Å². The lowest BCUT2D eigenvalue weighted by atomic mass is 9.95. The molecule has 0 radical (unpaired) electrons. The molecule has 1 aliphatic carbocycles. The van der Waals surface area contributed by atoms with Crippen LogP contribution in [0.15, 0.2) is 77.7 Å². The van der Waals surface area contributed by atoms with Crippen molar-refractivity contribution in [2.75, 3.05) is 25.1 Å². The van der Waals surface area contributed by atoms with Crippen molar-refractivity contribution in [3.8, 4) is 11.5 Å². The number of carbonyl (C=O) groups excluding carboxylic acids is 2. The number of para-hydroxylation sites is 1. The summed E-state index contributed by atoms with van der Waals surface area (Å²) in [6, 6.07) is 18.9. The molecule has 0 saturated heterocycles. The van der Waals surface area contributed by atoms with Crippen molar-refractivity contribution in [2.45, 2.75) is 62.6 Å². The second-order valence-corrected chi connectivity index (χ2v) is 12.8. The van der Waals surface area contributed by atoms with Crippen molar-refractivity contribution in [1.82, 2.24) is 10.2 Å². The van der Waals surface area contributed by atoms with Crippen LogP contribution in [0.5, 0.6) is 11.5 Å². The number of amides is 2. The van der Waals surface area contributed by atoms with Crippen LogP contribution in [0.1, 0.15) is 44.6 Å². The van der Waals surface area contributed by atoms with E-state index >= 15 is 0 Å². The summed E-state index contributed by atoms with van der Waals surface area (Å²) in [5.41, 5.74) is 1.06. The van der Waals surface area contributed by atoms with Crippen LogP contribution in [-0.2, 0) is 26.2 Å². The van der Waals surface area contributed by atoms with Gasteiger partial charge in [0, 0.05) is 23.7 Å². The number of nitrogens with one attached hydrogen (secondary N) is 1. The third-order valence-electron chi connectivity index (χ3n) is 7.65. The van der Waals surface area contributed by atoms with E-state index in [1.54, 1.807) is 61.5 Å². The zero-order valence-electron chi connectivity index (χ0n) is 24.7. The Morgan fingerprint density at radius 3 is 2.21 bits per heavy atom. The number of halogens is 1. The van der Waals surface area contributed by atoms with Crippen LogP contribution in [-0.4, -0.2) is 58.0 Å². The van der Waals surface area contributed by atoms with Gasteiger partial charge >= 0.3 is 0 Å². The van der Waals surface area contributed by atoms with Crippen LogP contribution in [0.3, 0.4) is 0 Å². The van der Waals surface area contributed by atoms with Gasteiger partial charge in [-0.1, -0.05) is 61.2 Å². The van der Waals surface area contributed by atoms with Gasteiger partial charge in [0.25, 0.3) is 10.0 Å². The molecule has 1 atom stereocenters. The number of ether oxygens (including phenoxy) is 2. The molecule has 1 N–H and O–H groups in total. The van der Waals surface area contributed by atoms with Crippen molar-refractivity contribution < 1.29 is 27.5 Å². The molecule has 0 spiro atoms. The van der Waals surface area contributed by atoms with E-state index in [0.717, 1.165) is 42.0 Å². The Morgan fingerprint density at radius 1 is 0.930 bits per heavy atom. The summed E-state index contributed by atoms with van der Waals surface area (Å²) < 4.78 is 39.8. The van der Waals surface area contributed by atoms with Gasteiger partial charge < -0.3 is 19.7 Å². The van der Waals surface area contributed by atoms with E-state index in [9.17, 15) is 18.0 Å². The monoisotopic (exact) mass is 627 g/mol. The molecular formula is C32H38ClN3O6S. The minimum Gasteiger partial charge on any atom is -0.493 e. The summed E-state index contributed by atoms with van der Waals surface area (Å²) in [7, 11) is -1.38. The van der Waals surface area contributed by atoms with Gasteiger partial charge in [-0.2, -0.15) is 0 Å². The highest BCUT2D eigenvalue weighted by Crippen LogP contribution is 2.32. The molecule has 2 amide bonds. The summed E-state index contributed by atoms with van der Waals surface area (Å²) in [4.78, 5) is 28.9. The molecule has 43 heavy (non-hydrogen) atoms. The molecular weight excluding hydrogens is 590 g/mol. The first-order valence-corrected chi connectivity index (χ1v) is 16.1. The van der Waals surface area contributed by atoms with Gasteiger partial charge in [-0.15, -0.1) is 0 Å². The maximum atomic E-state index is 14.1. The summed E-state index contributed by atoms with van der Waals surface area (Å²) in [6.45, 7) is 1.23. The van der Waals surface area contributed by atoms with Crippen molar-refractivity contribution in [2.24, 2.45) is 0 Å². The van der Waals surface area contributed by atoms with Crippen LogP contribution < -0.4 is 19.1 Å². The van der Waals surface area contributed by atoms with E-state index in [-0.39, 0.29) is 29.1 Å². The first-order chi connectivity index (χ1) is 20.6. The van der Waals surface area contributed by atoms with Gasteiger partial charge in [-0.05, 0) is 61.7 Å². The van der Waals surface area contributed by atoms with E-state index in [1.165, 1.54) is 37.3 Å². The van der Waals surface area contributed by atoms with Crippen LogP contribution in [0.4, 0.5) is 5.69 Å². The lowest BCUT2D eigenvalue weighted by molar-refractivity contribution is -0.139. The Hall–Kier alpha value is -3.76. The standard InChI is InChI=1S/C32H38ClN3O6S/c1-23(32(38)34-26-10-6-4-7-11-26)35(21-24-14-16-25(33)17-15-24)31(37)22-36(27-12-8-5-9-13-27)43(39,40)28-18-19-29(41-2)30(20-28)42-3/h5,8-9,12-20,23,26H,4,6-7,10-11,21-22H2,1-3H3,(H,34,38). The molecule has 1 fully saturated rings. The smallest absolute Gasteiger partial charge is 0.264 e. The Kier molecular flexibility index (Phi) is 10.9. The Labute approximate surface area is 258 Å². The maximum Gasteiger partial charge on any atom is 0.264 e. The molecule has 3 aromatic rings. The maximum absolute atomic E-state index is 14.1. The highest BCUT2D eigenvalue weighted by molar-refractivity contribution is 7.92. The molecule has 1 saturated carbocycles. The molecule has 1 unspecified atom stereocenters. The number of nitrogens with zero attached hydrogens (tertiary/aromatic N) is 2. The molecule has 3 aromatic carbocycles. The summed E-state index contributed by atoms with van der Waals surface area (Å²) >= 11 is 6.08. The summed E-state index contributed by atoms with van der Waals surface area (Å²) in [5.74, 6) is -0.201. The lowest BCUT2D eigenvalue weighted by Crippen LogP contribution is -2.53. The molecule has 0 aromatic heterocycles. The van der Waals surface area contributed by atoms with Crippen LogP contribution >= 0.6 is 11.6 Å². The van der Waals surface area contributed by atoms with E-state index in [1.807, 2.05) is 0 Å². The zero-order valence-corrected chi connectivity index (χ0v) is 26.2. The first kappa shape index (κ1) is 32.2. The Bertz CT molecular complexity index is 1500. The molecule has 4 rings (SSSR count). The highest BCUT2D eigenvalue weighted by Gasteiger charge is 2.33. The average molecular weight is 628 g/mol.